The van der Waals surface area contributed by atoms with Gasteiger partial charge in [0.2, 0.25) is 5.89 Å². The van der Waals surface area contributed by atoms with E-state index in [1.165, 1.54) is 12.8 Å². The molecule has 1 fully saturated rings. The van der Waals surface area contributed by atoms with E-state index in [0.29, 0.717) is 11.8 Å². The van der Waals surface area contributed by atoms with Gasteiger partial charge in [0.15, 0.2) is 0 Å². The molecule has 3 N–H and O–H groups in total. The van der Waals surface area contributed by atoms with E-state index in [1.807, 2.05) is 13.8 Å². The summed E-state index contributed by atoms with van der Waals surface area (Å²) >= 11 is 0. The number of aromatic nitrogens is 1. The molecule has 1 aliphatic rings. The molecule has 0 radical (unpaired) electrons. The number of nitrogens with two attached hydrogens (primary N) is 1. The highest BCUT2D eigenvalue weighted by Gasteiger charge is 2.29. The predicted octanol–water partition coefficient (Wildman–Crippen LogP) is 1.45. The maximum Gasteiger partial charge on any atom is 0.225 e. The zero-order valence-electron chi connectivity index (χ0n) is 9.23. The third kappa shape index (κ3) is 2.38. The minimum atomic E-state index is -0.766. The van der Waals surface area contributed by atoms with Gasteiger partial charge in [-0.25, -0.2) is 4.98 Å². The molecule has 1 aromatic heterocycles. The molecular weight excluding hydrogens is 192 g/mol. The van der Waals surface area contributed by atoms with Crippen LogP contribution in [0.1, 0.15) is 42.7 Å². The maximum atomic E-state index is 9.92. The molecule has 4 nitrogen and oxygen atoms in total. The third-order valence-electron chi connectivity index (χ3n) is 3.01. The van der Waals surface area contributed by atoms with Crippen molar-refractivity contribution in [1.82, 2.24) is 4.98 Å². The fraction of sp³-hybridized carbons (Fsp3) is 0.727. The fourth-order valence-corrected chi connectivity index (χ4v) is 1.67. The van der Waals surface area contributed by atoms with E-state index in [0.717, 1.165) is 17.9 Å². The molecule has 1 saturated carbocycles. The highest BCUT2D eigenvalue weighted by molar-refractivity contribution is 5.07. The number of oxazole rings is 1. The Morgan fingerprint density at radius 1 is 1.53 bits per heavy atom. The zero-order valence-corrected chi connectivity index (χ0v) is 9.23. The largest absolute Gasteiger partial charge is 0.443 e. The van der Waals surface area contributed by atoms with Crippen LogP contribution in [-0.4, -0.2) is 16.1 Å². The van der Waals surface area contributed by atoms with Gasteiger partial charge in [-0.3, -0.25) is 0 Å². The van der Waals surface area contributed by atoms with Gasteiger partial charge in [-0.15, -0.1) is 0 Å². The lowest BCUT2D eigenvalue weighted by molar-refractivity contribution is 0.108. The van der Waals surface area contributed by atoms with Crippen LogP contribution in [0.5, 0.6) is 0 Å². The third-order valence-corrected chi connectivity index (χ3v) is 3.01. The average Bonchev–Trinajstić information content (AvgIpc) is 2.93. The van der Waals surface area contributed by atoms with Crippen molar-refractivity contribution in [2.75, 3.05) is 0 Å². The van der Waals surface area contributed by atoms with Crippen LogP contribution in [0.4, 0.5) is 0 Å². The lowest BCUT2D eigenvalue weighted by Crippen LogP contribution is -2.29. The normalized spacial score (nSPS) is 20.3. The van der Waals surface area contributed by atoms with Gasteiger partial charge in [-0.1, -0.05) is 12.8 Å². The van der Waals surface area contributed by atoms with Crippen LogP contribution in [0.15, 0.2) is 4.42 Å². The molecular formula is C11H18N2O2. The van der Waals surface area contributed by atoms with Crippen molar-refractivity contribution in [2.24, 2.45) is 11.7 Å². The average molecular weight is 210 g/mol. The summed E-state index contributed by atoms with van der Waals surface area (Å²) in [6.07, 6.45) is 2.58. The van der Waals surface area contributed by atoms with Crippen molar-refractivity contribution in [2.45, 2.75) is 45.3 Å². The summed E-state index contributed by atoms with van der Waals surface area (Å²) < 4.78 is 5.36. The second kappa shape index (κ2) is 3.94. The fourth-order valence-electron chi connectivity index (χ4n) is 1.67. The van der Waals surface area contributed by atoms with E-state index in [9.17, 15) is 5.11 Å². The maximum absolute atomic E-state index is 9.92. The van der Waals surface area contributed by atoms with E-state index in [2.05, 4.69) is 4.98 Å². The molecule has 2 atom stereocenters. The number of aliphatic hydroxyl groups is 1. The van der Waals surface area contributed by atoms with Crippen LogP contribution in [0.3, 0.4) is 0 Å². The van der Waals surface area contributed by atoms with Gasteiger partial charge in [-0.05, 0) is 26.2 Å². The molecule has 1 aliphatic carbocycles. The second-order valence-corrected chi connectivity index (χ2v) is 4.48. The summed E-state index contributed by atoms with van der Waals surface area (Å²) in [5.41, 5.74) is 6.72. The Kier molecular flexibility index (Phi) is 2.80. The molecule has 4 heteroatoms. The van der Waals surface area contributed by atoms with Crippen LogP contribution in [0, 0.1) is 19.8 Å². The van der Waals surface area contributed by atoms with E-state index in [4.69, 9.17) is 10.2 Å². The molecule has 0 saturated heterocycles. The van der Waals surface area contributed by atoms with Crippen molar-refractivity contribution in [3.8, 4) is 0 Å². The first-order valence-corrected chi connectivity index (χ1v) is 5.45. The second-order valence-electron chi connectivity index (χ2n) is 4.48. The summed E-state index contributed by atoms with van der Waals surface area (Å²) in [5, 5.41) is 9.92. The van der Waals surface area contributed by atoms with Gasteiger partial charge in [0.25, 0.3) is 0 Å². The van der Waals surface area contributed by atoms with Crippen LogP contribution < -0.4 is 5.73 Å². The van der Waals surface area contributed by atoms with Crippen molar-refractivity contribution < 1.29 is 9.52 Å². The summed E-state index contributed by atoms with van der Waals surface area (Å²) in [7, 11) is 0. The molecule has 2 rings (SSSR count). The number of hydrogen-bond acceptors (Lipinski definition) is 4. The standard InChI is InChI=1S/C11H18N2O2/c1-6-7(2)15-11(13-6)10(14)9(12)5-8-3-4-8/h8-10,14H,3-5,12H2,1-2H3. The predicted molar refractivity (Wildman–Crippen MR) is 56.3 cm³/mol. The Morgan fingerprint density at radius 3 is 2.67 bits per heavy atom. The van der Waals surface area contributed by atoms with Crippen molar-refractivity contribution in [3.63, 3.8) is 0 Å². The zero-order chi connectivity index (χ0) is 11.0. The summed E-state index contributed by atoms with van der Waals surface area (Å²) in [6, 6.07) is -0.255. The molecule has 0 amide bonds. The Balaban J connectivity index is 2.01. The lowest BCUT2D eigenvalue weighted by atomic mass is 10.1. The minimum absolute atomic E-state index is 0.255. The molecule has 0 aliphatic heterocycles. The summed E-state index contributed by atoms with van der Waals surface area (Å²) in [6.45, 7) is 3.70. The Bertz CT molecular complexity index is 325. The van der Waals surface area contributed by atoms with Gasteiger partial charge < -0.3 is 15.3 Å². The Hall–Kier alpha value is -0.870. The highest BCUT2D eigenvalue weighted by Crippen LogP contribution is 2.35. The first kappa shape index (κ1) is 10.6. The molecule has 0 bridgehead atoms. The molecule has 2 unspecified atom stereocenters. The first-order chi connectivity index (χ1) is 7.08. The molecule has 1 heterocycles. The number of rotatable bonds is 4. The van der Waals surface area contributed by atoms with Crippen LogP contribution in [0.2, 0.25) is 0 Å². The SMILES string of the molecule is Cc1nc(C(O)C(N)CC2CC2)oc1C. The molecule has 15 heavy (non-hydrogen) atoms. The van der Waals surface area contributed by atoms with Gasteiger partial charge >= 0.3 is 0 Å². The van der Waals surface area contributed by atoms with Gasteiger partial charge in [0.05, 0.1) is 5.69 Å². The lowest BCUT2D eigenvalue weighted by Gasteiger charge is -2.15. The van der Waals surface area contributed by atoms with Gasteiger partial charge in [0, 0.05) is 6.04 Å². The summed E-state index contributed by atoms with van der Waals surface area (Å²) in [4.78, 5) is 4.16. The minimum Gasteiger partial charge on any atom is -0.443 e. The smallest absolute Gasteiger partial charge is 0.225 e. The summed E-state index contributed by atoms with van der Waals surface area (Å²) in [5.74, 6) is 1.81. The van der Waals surface area contributed by atoms with Gasteiger partial charge in [-0.2, -0.15) is 0 Å². The molecule has 1 aromatic rings. The van der Waals surface area contributed by atoms with Crippen molar-refractivity contribution in [1.29, 1.82) is 0 Å². The Labute approximate surface area is 89.5 Å². The van der Waals surface area contributed by atoms with Gasteiger partial charge in [0.1, 0.15) is 11.9 Å². The molecule has 0 aromatic carbocycles. The van der Waals surface area contributed by atoms with E-state index < -0.39 is 6.10 Å². The quantitative estimate of drug-likeness (QED) is 0.789. The number of nitrogens with zero attached hydrogens (tertiary/aromatic N) is 1. The monoisotopic (exact) mass is 210 g/mol. The van der Waals surface area contributed by atoms with Crippen LogP contribution in [0.25, 0.3) is 0 Å². The first-order valence-electron chi connectivity index (χ1n) is 5.45. The van der Waals surface area contributed by atoms with Crippen LogP contribution >= 0.6 is 0 Å². The van der Waals surface area contributed by atoms with Crippen molar-refractivity contribution in [3.05, 3.63) is 17.3 Å². The van der Waals surface area contributed by atoms with Crippen LogP contribution in [-0.2, 0) is 0 Å². The Morgan fingerprint density at radius 2 is 2.20 bits per heavy atom. The topological polar surface area (TPSA) is 72.3 Å². The van der Waals surface area contributed by atoms with E-state index in [-0.39, 0.29) is 6.04 Å². The number of hydrogen-bond donors (Lipinski definition) is 2. The van der Waals surface area contributed by atoms with E-state index in [1.54, 1.807) is 0 Å². The number of aliphatic hydroxyl groups excluding tert-OH is 1. The molecule has 84 valence electrons. The molecule has 0 spiro atoms. The highest BCUT2D eigenvalue weighted by atomic mass is 16.4. The number of aryl methyl sites for hydroxylation is 2. The van der Waals surface area contributed by atoms with E-state index >= 15 is 0 Å². The van der Waals surface area contributed by atoms with Crippen molar-refractivity contribution >= 4 is 0 Å².